The molecule has 15 heavy (non-hydrogen) atoms. The van der Waals surface area contributed by atoms with Gasteiger partial charge in [0.15, 0.2) is 11.6 Å². The molecule has 0 fully saturated rings. The first-order valence-electron chi connectivity index (χ1n) is 5.39. The largest absolute Gasteiger partial charge is 0.491 e. The molecule has 0 radical (unpaired) electrons. The smallest absolute Gasteiger partial charge is 0.165 e. The van der Waals surface area contributed by atoms with E-state index in [1.807, 2.05) is 6.07 Å². The lowest BCUT2D eigenvalue weighted by molar-refractivity contribution is 0.294. The van der Waals surface area contributed by atoms with E-state index in [1.165, 1.54) is 6.07 Å². The van der Waals surface area contributed by atoms with E-state index in [1.54, 1.807) is 6.07 Å². The molecule has 1 rings (SSSR count). The van der Waals surface area contributed by atoms with Crippen molar-refractivity contribution in [3.8, 4) is 5.75 Å². The maximum Gasteiger partial charge on any atom is 0.165 e. The minimum Gasteiger partial charge on any atom is -0.491 e. The Kier molecular flexibility index (Phi) is 5.12. The van der Waals surface area contributed by atoms with Crippen molar-refractivity contribution in [3.63, 3.8) is 0 Å². The maximum absolute atomic E-state index is 13.4. The number of halogens is 1. The minimum absolute atomic E-state index is 0.294. The van der Waals surface area contributed by atoms with Gasteiger partial charge in [-0.15, -0.1) is 0 Å². The van der Waals surface area contributed by atoms with Gasteiger partial charge in [-0.1, -0.05) is 19.4 Å². The molecule has 0 spiro atoms. The zero-order valence-corrected chi connectivity index (χ0v) is 9.13. The summed E-state index contributed by atoms with van der Waals surface area (Å²) in [5, 5.41) is 0. The van der Waals surface area contributed by atoms with Crippen LogP contribution in [0.3, 0.4) is 0 Å². The average Bonchev–Trinajstić information content (AvgIpc) is 2.22. The molecule has 0 saturated carbocycles. The Labute approximate surface area is 90.2 Å². The van der Waals surface area contributed by atoms with Gasteiger partial charge in [0, 0.05) is 0 Å². The summed E-state index contributed by atoms with van der Waals surface area (Å²) in [5.41, 5.74) is 6.31. The average molecular weight is 211 g/mol. The van der Waals surface area contributed by atoms with E-state index in [0.717, 1.165) is 18.4 Å². The molecule has 3 heteroatoms. The number of hydrogen-bond donors (Lipinski definition) is 1. The van der Waals surface area contributed by atoms with E-state index in [4.69, 9.17) is 10.5 Å². The van der Waals surface area contributed by atoms with Crippen molar-refractivity contribution in [2.24, 2.45) is 5.73 Å². The quantitative estimate of drug-likeness (QED) is 0.734. The van der Waals surface area contributed by atoms with Crippen LogP contribution in [0.4, 0.5) is 4.39 Å². The lowest BCUT2D eigenvalue weighted by Crippen LogP contribution is -2.04. The molecule has 2 nitrogen and oxygen atoms in total. The molecule has 0 atom stereocenters. The van der Waals surface area contributed by atoms with Gasteiger partial charge in [0.25, 0.3) is 0 Å². The van der Waals surface area contributed by atoms with Gasteiger partial charge in [-0.3, -0.25) is 0 Å². The molecule has 1 aromatic carbocycles. The second-order valence-electron chi connectivity index (χ2n) is 3.51. The lowest BCUT2D eigenvalue weighted by atomic mass is 10.1. The van der Waals surface area contributed by atoms with Gasteiger partial charge < -0.3 is 10.5 Å². The fraction of sp³-hybridized carbons (Fsp3) is 0.500. The van der Waals surface area contributed by atoms with E-state index in [-0.39, 0.29) is 5.82 Å². The summed E-state index contributed by atoms with van der Waals surface area (Å²) >= 11 is 0. The second-order valence-corrected chi connectivity index (χ2v) is 3.51. The Balaban J connectivity index is 2.58. The predicted octanol–water partition coefficient (Wildman–Crippen LogP) is 2.51. The molecule has 0 aliphatic carbocycles. The molecule has 0 heterocycles. The summed E-state index contributed by atoms with van der Waals surface area (Å²) in [7, 11) is 0. The Morgan fingerprint density at radius 1 is 1.40 bits per heavy atom. The van der Waals surface area contributed by atoms with Crippen molar-refractivity contribution >= 4 is 0 Å². The third kappa shape index (κ3) is 3.88. The van der Waals surface area contributed by atoms with Crippen LogP contribution in [0.1, 0.15) is 25.3 Å². The lowest BCUT2D eigenvalue weighted by Gasteiger charge is -2.07. The number of nitrogens with two attached hydrogens (primary N) is 1. The Bertz CT molecular complexity index is 302. The highest BCUT2D eigenvalue weighted by atomic mass is 19.1. The van der Waals surface area contributed by atoms with Crippen LogP contribution in [0.2, 0.25) is 0 Å². The van der Waals surface area contributed by atoms with Gasteiger partial charge in [-0.05, 0) is 37.1 Å². The third-order valence-electron chi connectivity index (χ3n) is 2.18. The minimum atomic E-state index is -0.294. The van der Waals surface area contributed by atoms with Gasteiger partial charge in [-0.25, -0.2) is 4.39 Å². The van der Waals surface area contributed by atoms with Gasteiger partial charge in [0.2, 0.25) is 0 Å². The molecule has 0 saturated heterocycles. The highest BCUT2D eigenvalue weighted by molar-refractivity contribution is 5.29. The highest BCUT2D eigenvalue weighted by Gasteiger charge is 2.03. The van der Waals surface area contributed by atoms with E-state index in [9.17, 15) is 4.39 Å². The monoisotopic (exact) mass is 211 g/mol. The summed E-state index contributed by atoms with van der Waals surface area (Å²) in [6, 6.07) is 5.03. The van der Waals surface area contributed by atoms with E-state index >= 15 is 0 Å². The van der Waals surface area contributed by atoms with Crippen molar-refractivity contribution in [1.29, 1.82) is 0 Å². The Hall–Kier alpha value is -1.09. The first-order chi connectivity index (χ1) is 7.27. The first-order valence-corrected chi connectivity index (χ1v) is 5.39. The van der Waals surface area contributed by atoms with Crippen molar-refractivity contribution < 1.29 is 9.13 Å². The van der Waals surface area contributed by atoms with Gasteiger partial charge in [-0.2, -0.15) is 0 Å². The van der Waals surface area contributed by atoms with Crippen molar-refractivity contribution in [2.75, 3.05) is 13.2 Å². The summed E-state index contributed by atoms with van der Waals surface area (Å²) in [6.07, 6.45) is 2.70. The van der Waals surface area contributed by atoms with Gasteiger partial charge in [0.05, 0.1) is 6.61 Å². The maximum atomic E-state index is 13.4. The van der Waals surface area contributed by atoms with Gasteiger partial charge >= 0.3 is 0 Å². The second kappa shape index (κ2) is 6.40. The first kappa shape index (κ1) is 12.0. The summed E-state index contributed by atoms with van der Waals surface area (Å²) in [6.45, 7) is 3.18. The zero-order chi connectivity index (χ0) is 11.1. The SMILES string of the molecule is CCCCOc1ccc(CCN)cc1F. The molecule has 0 unspecified atom stereocenters. The topological polar surface area (TPSA) is 35.2 Å². The van der Waals surface area contributed by atoms with Crippen LogP contribution in [0, 0.1) is 5.82 Å². The molecule has 0 aliphatic heterocycles. The van der Waals surface area contributed by atoms with Crippen LogP contribution in [-0.4, -0.2) is 13.2 Å². The van der Waals surface area contributed by atoms with E-state index < -0.39 is 0 Å². The van der Waals surface area contributed by atoms with E-state index in [2.05, 4.69) is 6.92 Å². The van der Waals surface area contributed by atoms with Crippen molar-refractivity contribution in [1.82, 2.24) is 0 Å². The molecule has 0 amide bonds. The van der Waals surface area contributed by atoms with E-state index in [0.29, 0.717) is 25.3 Å². The number of hydrogen-bond acceptors (Lipinski definition) is 2. The van der Waals surface area contributed by atoms with Crippen LogP contribution in [0.15, 0.2) is 18.2 Å². The standard InChI is InChI=1S/C12H18FNO/c1-2-3-8-15-12-5-4-10(6-7-14)9-11(12)13/h4-5,9H,2-3,6-8,14H2,1H3. The Morgan fingerprint density at radius 3 is 2.80 bits per heavy atom. The Morgan fingerprint density at radius 2 is 2.20 bits per heavy atom. The number of benzene rings is 1. The van der Waals surface area contributed by atoms with Crippen molar-refractivity contribution in [2.45, 2.75) is 26.2 Å². The molecule has 0 aromatic heterocycles. The molecular weight excluding hydrogens is 193 g/mol. The van der Waals surface area contributed by atoms with Gasteiger partial charge in [0.1, 0.15) is 0 Å². The third-order valence-corrected chi connectivity index (χ3v) is 2.18. The number of ether oxygens (including phenoxy) is 1. The van der Waals surface area contributed by atoms with Crippen molar-refractivity contribution in [3.05, 3.63) is 29.6 Å². The van der Waals surface area contributed by atoms with Crippen LogP contribution in [0.25, 0.3) is 0 Å². The molecule has 84 valence electrons. The highest BCUT2D eigenvalue weighted by Crippen LogP contribution is 2.18. The number of rotatable bonds is 6. The molecule has 2 N–H and O–H groups in total. The van der Waals surface area contributed by atoms with Crippen LogP contribution in [-0.2, 0) is 6.42 Å². The van der Waals surface area contributed by atoms with Crippen LogP contribution in [0.5, 0.6) is 5.75 Å². The fourth-order valence-electron chi connectivity index (χ4n) is 1.31. The molecular formula is C12H18FNO. The predicted molar refractivity (Wildman–Crippen MR) is 59.6 cm³/mol. The normalized spacial score (nSPS) is 10.3. The number of unbranched alkanes of at least 4 members (excludes halogenated alkanes) is 1. The molecule has 0 aliphatic rings. The fourth-order valence-corrected chi connectivity index (χ4v) is 1.31. The summed E-state index contributed by atoms with van der Waals surface area (Å²) in [4.78, 5) is 0. The van der Waals surface area contributed by atoms with Crippen LogP contribution < -0.4 is 10.5 Å². The zero-order valence-electron chi connectivity index (χ0n) is 9.13. The van der Waals surface area contributed by atoms with Crippen LogP contribution >= 0.6 is 0 Å². The summed E-state index contributed by atoms with van der Waals surface area (Å²) in [5.74, 6) is 0.0428. The molecule has 1 aromatic rings. The summed E-state index contributed by atoms with van der Waals surface area (Å²) < 4.78 is 18.7. The molecule has 0 bridgehead atoms.